The maximum absolute atomic E-state index is 13.6. The molecule has 0 unspecified atom stereocenters. The minimum absolute atomic E-state index is 0.205. The molecule has 0 radical (unpaired) electrons. The number of thiazole rings is 1. The van der Waals surface area contributed by atoms with Crippen molar-refractivity contribution in [2.45, 2.75) is 33.7 Å². The molecule has 0 spiro atoms. The van der Waals surface area contributed by atoms with Crippen LogP contribution in [0.25, 0.3) is 6.08 Å². The zero-order valence-corrected chi connectivity index (χ0v) is 21.1. The first-order chi connectivity index (χ1) is 16.5. The van der Waals surface area contributed by atoms with Crippen molar-refractivity contribution >= 4 is 34.7 Å². The summed E-state index contributed by atoms with van der Waals surface area (Å²) in [6, 6.07) is 8.84. The van der Waals surface area contributed by atoms with Gasteiger partial charge in [0.15, 0.2) is 16.3 Å². The van der Waals surface area contributed by atoms with Gasteiger partial charge >= 0.3 is 5.97 Å². The number of rotatable bonds is 8. The van der Waals surface area contributed by atoms with E-state index >= 15 is 0 Å². The number of nitrogens with zero attached hydrogens (tertiary/aromatic N) is 2. The minimum atomic E-state index is -0.572. The van der Waals surface area contributed by atoms with Crippen molar-refractivity contribution in [2.24, 2.45) is 4.99 Å². The number of allylic oxidation sites excluding steroid dienone is 1. The Morgan fingerprint density at radius 3 is 2.56 bits per heavy atom. The van der Waals surface area contributed by atoms with Crippen molar-refractivity contribution in [1.82, 2.24) is 4.57 Å². The van der Waals surface area contributed by atoms with Gasteiger partial charge in [-0.05, 0) is 62.9 Å². The Morgan fingerprint density at radius 2 is 1.88 bits per heavy atom. The Labute approximate surface area is 205 Å². The predicted octanol–water partition coefficient (Wildman–Crippen LogP) is 3.66. The Balaban J connectivity index is 1.86. The molecule has 1 aromatic carbocycles. The second kappa shape index (κ2) is 10.4. The van der Waals surface area contributed by atoms with E-state index in [2.05, 4.69) is 4.99 Å². The lowest BCUT2D eigenvalue weighted by molar-refractivity contribution is -0.139. The molecule has 0 bridgehead atoms. The molecule has 0 saturated carbocycles. The number of aromatic nitrogens is 1. The summed E-state index contributed by atoms with van der Waals surface area (Å²) < 4.78 is 18.8. The number of esters is 1. The van der Waals surface area contributed by atoms with Crippen LogP contribution in [0, 0.1) is 0 Å². The lowest BCUT2D eigenvalue weighted by atomic mass is 10.0. The van der Waals surface area contributed by atoms with Crippen molar-refractivity contribution in [3.05, 3.63) is 77.1 Å². The van der Waals surface area contributed by atoms with Gasteiger partial charge in [0.2, 0.25) is 0 Å². The second-order valence-electron chi connectivity index (χ2n) is 7.39. The van der Waals surface area contributed by atoms with Gasteiger partial charge in [0.1, 0.15) is 6.04 Å². The molecule has 3 aromatic rings. The Hall–Kier alpha value is -3.17. The van der Waals surface area contributed by atoms with Gasteiger partial charge in [-0.15, -0.1) is 11.3 Å². The van der Waals surface area contributed by atoms with E-state index in [4.69, 9.17) is 14.2 Å². The van der Waals surface area contributed by atoms with Crippen LogP contribution in [0.3, 0.4) is 0 Å². The third-order valence-corrected chi connectivity index (χ3v) is 7.10. The fourth-order valence-electron chi connectivity index (χ4n) is 3.82. The van der Waals surface area contributed by atoms with E-state index < -0.39 is 12.0 Å². The summed E-state index contributed by atoms with van der Waals surface area (Å²) in [6.07, 6.45) is 1.82. The van der Waals surface area contributed by atoms with E-state index in [1.165, 1.54) is 22.7 Å². The normalized spacial score (nSPS) is 15.6. The van der Waals surface area contributed by atoms with Gasteiger partial charge in [0.05, 0.1) is 35.6 Å². The van der Waals surface area contributed by atoms with Gasteiger partial charge < -0.3 is 14.2 Å². The third kappa shape index (κ3) is 4.58. The van der Waals surface area contributed by atoms with Crippen LogP contribution in [-0.4, -0.2) is 30.4 Å². The molecule has 4 rings (SSSR count). The average molecular weight is 499 g/mol. The number of hydrogen-bond acceptors (Lipinski definition) is 8. The molecule has 0 aliphatic carbocycles. The first-order valence-electron chi connectivity index (χ1n) is 11.1. The van der Waals surface area contributed by atoms with Gasteiger partial charge in [0.25, 0.3) is 5.56 Å². The molecule has 3 heterocycles. The molecule has 1 aliphatic rings. The van der Waals surface area contributed by atoms with Crippen LogP contribution < -0.4 is 24.4 Å². The molecule has 0 saturated heterocycles. The molecule has 1 atom stereocenters. The molecule has 7 nitrogen and oxygen atoms in total. The van der Waals surface area contributed by atoms with Gasteiger partial charge in [-0.25, -0.2) is 9.79 Å². The van der Waals surface area contributed by atoms with Gasteiger partial charge in [-0.2, -0.15) is 0 Å². The van der Waals surface area contributed by atoms with Crippen LogP contribution in [0.2, 0.25) is 0 Å². The van der Waals surface area contributed by atoms with Gasteiger partial charge in [-0.3, -0.25) is 9.36 Å². The first-order valence-corrected chi connectivity index (χ1v) is 12.8. The number of thiophene rings is 1. The number of ether oxygens (including phenoxy) is 3. The van der Waals surface area contributed by atoms with E-state index in [-0.39, 0.29) is 12.2 Å². The summed E-state index contributed by atoms with van der Waals surface area (Å²) in [5, 5.41) is 1.93. The fourth-order valence-corrected chi connectivity index (χ4v) is 5.69. The zero-order valence-electron chi connectivity index (χ0n) is 19.5. The minimum Gasteiger partial charge on any atom is -0.490 e. The molecule has 0 N–H and O–H groups in total. The topological polar surface area (TPSA) is 79.1 Å². The molecule has 178 valence electrons. The quantitative estimate of drug-likeness (QED) is 0.443. The van der Waals surface area contributed by atoms with Crippen molar-refractivity contribution in [3.8, 4) is 11.5 Å². The van der Waals surface area contributed by atoms with Crippen molar-refractivity contribution in [3.63, 3.8) is 0 Å². The van der Waals surface area contributed by atoms with Crippen molar-refractivity contribution < 1.29 is 19.0 Å². The average Bonchev–Trinajstić information content (AvgIpc) is 3.44. The first kappa shape index (κ1) is 24.0. The highest BCUT2D eigenvalue weighted by molar-refractivity contribution is 7.10. The Kier molecular flexibility index (Phi) is 7.33. The molecule has 0 fully saturated rings. The molecule has 2 aromatic heterocycles. The second-order valence-corrected chi connectivity index (χ2v) is 9.38. The summed E-state index contributed by atoms with van der Waals surface area (Å²) in [4.78, 5) is 32.5. The lowest BCUT2D eigenvalue weighted by Crippen LogP contribution is -2.39. The van der Waals surface area contributed by atoms with Gasteiger partial charge in [-0.1, -0.05) is 23.5 Å². The summed E-state index contributed by atoms with van der Waals surface area (Å²) in [6.45, 7) is 8.65. The number of benzene rings is 1. The fraction of sp³-hybridized carbons (Fsp3) is 0.320. The summed E-state index contributed by atoms with van der Waals surface area (Å²) >= 11 is 2.79. The van der Waals surface area contributed by atoms with Crippen molar-refractivity contribution in [1.29, 1.82) is 0 Å². The van der Waals surface area contributed by atoms with E-state index in [1.807, 2.05) is 55.6 Å². The van der Waals surface area contributed by atoms with E-state index in [1.54, 1.807) is 18.4 Å². The Bertz CT molecular complexity index is 1400. The van der Waals surface area contributed by atoms with Crippen LogP contribution in [0.4, 0.5) is 0 Å². The highest BCUT2D eigenvalue weighted by Crippen LogP contribution is 2.33. The molecule has 1 aliphatic heterocycles. The smallest absolute Gasteiger partial charge is 0.338 e. The summed E-state index contributed by atoms with van der Waals surface area (Å²) in [5.41, 5.74) is 1.56. The zero-order chi connectivity index (χ0) is 24.2. The molecule has 9 heteroatoms. The molecule has 0 amide bonds. The standard InChI is InChI=1S/C25H26N2O5S2/c1-5-30-17-11-10-16(13-18(17)31-6-2)14-20-23(28)27-22(19-9-8-12-33-19)21(24(29)32-7-3)15(4)26-25(27)34-20/h8-14,22H,5-7H2,1-4H3/b20-14-/t22-/m0/s1. The maximum atomic E-state index is 13.6. The van der Waals surface area contributed by atoms with Crippen LogP contribution >= 0.6 is 22.7 Å². The number of carbonyl (C=O) groups excluding carboxylic acids is 1. The highest BCUT2D eigenvalue weighted by atomic mass is 32.1. The molecular weight excluding hydrogens is 472 g/mol. The Morgan fingerprint density at radius 1 is 1.12 bits per heavy atom. The number of carbonyl (C=O) groups is 1. The third-order valence-electron chi connectivity index (χ3n) is 5.19. The van der Waals surface area contributed by atoms with Crippen LogP contribution in [0.15, 0.2) is 56.8 Å². The predicted molar refractivity (Wildman–Crippen MR) is 133 cm³/mol. The van der Waals surface area contributed by atoms with E-state index in [9.17, 15) is 9.59 Å². The number of fused-ring (bicyclic) bond motifs is 1. The maximum Gasteiger partial charge on any atom is 0.338 e. The summed E-state index contributed by atoms with van der Waals surface area (Å²) in [7, 11) is 0. The van der Waals surface area contributed by atoms with Crippen LogP contribution in [-0.2, 0) is 9.53 Å². The van der Waals surface area contributed by atoms with Gasteiger partial charge in [0, 0.05) is 4.88 Å². The van der Waals surface area contributed by atoms with Crippen LogP contribution in [0.5, 0.6) is 11.5 Å². The number of hydrogen-bond donors (Lipinski definition) is 0. The monoisotopic (exact) mass is 498 g/mol. The lowest BCUT2D eigenvalue weighted by Gasteiger charge is -2.23. The molecular formula is C25H26N2O5S2. The van der Waals surface area contributed by atoms with E-state index in [0.29, 0.717) is 45.3 Å². The largest absolute Gasteiger partial charge is 0.490 e. The SMILES string of the molecule is CCOC(=O)C1=C(C)N=c2s/c(=C\c3ccc(OCC)c(OCC)c3)c(=O)n2[C@H]1c1cccs1. The molecule has 34 heavy (non-hydrogen) atoms. The van der Waals surface area contributed by atoms with E-state index in [0.717, 1.165) is 10.4 Å². The summed E-state index contributed by atoms with van der Waals surface area (Å²) in [5.74, 6) is 0.836. The highest BCUT2D eigenvalue weighted by Gasteiger charge is 2.33. The van der Waals surface area contributed by atoms with Crippen molar-refractivity contribution in [2.75, 3.05) is 19.8 Å². The van der Waals surface area contributed by atoms with Crippen LogP contribution in [0.1, 0.15) is 44.2 Å².